The van der Waals surface area contributed by atoms with E-state index in [1.807, 2.05) is 0 Å². The lowest BCUT2D eigenvalue weighted by Crippen LogP contribution is -2.34. The topological polar surface area (TPSA) is 37.2 Å². The molecule has 1 atom stereocenters. The van der Waals surface area contributed by atoms with Crippen molar-refractivity contribution in [2.24, 2.45) is 13.0 Å². The SMILES string of the molecule is Cc1c(CNC(CCO)C(C)C)n(C)c2ccccc12. The molecule has 1 aromatic heterocycles. The van der Waals surface area contributed by atoms with Crippen molar-refractivity contribution in [2.45, 2.75) is 39.8 Å². The molecule has 3 heteroatoms. The maximum absolute atomic E-state index is 9.16. The molecule has 0 saturated carbocycles. The van der Waals surface area contributed by atoms with Crippen molar-refractivity contribution in [3.8, 4) is 0 Å². The van der Waals surface area contributed by atoms with E-state index < -0.39 is 0 Å². The Morgan fingerprint density at radius 2 is 1.95 bits per heavy atom. The second-order valence-electron chi connectivity index (χ2n) is 5.89. The number of aliphatic hydroxyl groups is 1. The van der Waals surface area contributed by atoms with Crippen LogP contribution in [0, 0.1) is 12.8 Å². The molecule has 0 aliphatic rings. The van der Waals surface area contributed by atoms with Gasteiger partial charge in [0, 0.05) is 42.8 Å². The summed E-state index contributed by atoms with van der Waals surface area (Å²) in [6.07, 6.45) is 0.806. The van der Waals surface area contributed by atoms with E-state index in [2.05, 4.69) is 62.0 Å². The monoisotopic (exact) mass is 274 g/mol. The number of nitrogens with zero attached hydrogens (tertiary/aromatic N) is 1. The first kappa shape index (κ1) is 15.1. The van der Waals surface area contributed by atoms with Crippen molar-refractivity contribution in [3.63, 3.8) is 0 Å². The molecule has 0 aliphatic heterocycles. The second kappa shape index (κ2) is 6.42. The lowest BCUT2D eigenvalue weighted by molar-refractivity contribution is 0.243. The standard InChI is InChI=1S/C17H26N2O/c1-12(2)15(9-10-20)18-11-17-13(3)14-7-5-6-8-16(14)19(17)4/h5-8,12,15,18,20H,9-11H2,1-4H3. The lowest BCUT2D eigenvalue weighted by atomic mass is 10.0. The molecule has 0 amide bonds. The predicted octanol–water partition coefficient (Wildman–Crippen LogP) is 2.98. The summed E-state index contributed by atoms with van der Waals surface area (Å²) in [6.45, 7) is 7.67. The van der Waals surface area contributed by atoms with Crippen LogP contribution in [0.3, 0.4) is 0 Å². The van der Waals surface area contributed by atoms with E-state index in [4.69, 9.17) is 5.11 Å². The van der Waals surface area contributed by atoms with Gasteiger partial charge in [-0.3, -0.25) is 0 Å². The number of nitrogens with one attached hydrogen (secondary N) is 1. The summed E-state index contributed by atoms with van der Waals surface area (Å²) in [5.41, 5.74) is 3.96. The summed E-state index contributed by atoms with van der Waals surface area (Å²) >= 11 is 0. The molecule has 3 nitrogen and oxygen atoms in total. The normalized spacial score (nSPS) is 13.3. The first-order chi connectivity index (χ1) is 9.56. The van der Waals surface area contributed by atoms with Crippen LogP contribution in [-0.4, -0.2) is 22.3 Å². The fourth-order valence-corrected chi connectivity index (χ4v) is 2.92. The Morgan fingerprint density at radius 1 is 1.25 bits per heavy atom. The smallest absolute Gasteiger partial charge is 0.0483 e. The summed E-state index contributed by atoms with van der Waals surface area (Å²) in [6, 6.07) is 8.88. The van der Waals surface area contributed by atoms with Crippen LogP contribution in [0.5, 0.6) is 0 Å². The Hall–Kier alpha value is -1.32. The van der Waals surface area contributed by atoms with Crippen molar-refractivity contribution in [3.05, 3.63) is 35.5 Å². The zero-order chi connectivity index (χ0) is 14.7. The van der Waals surface area contributed by atoms with Crippen molar-refractivity contribution < 1.29 is 5.11 Å². The highest BCUT2D eigenvalue weighted by molar-refractivity contribution is 5.85. The van der Waals surface area contributed by atoms with Crippen LogP contribution in [0.2, 0.25) is 0 Å². The van der Waals surface area contributed by atoms with Gasteiger partial charge in [0.25, 0.3) is 0 Å². The van der Waals surface area contributed by atoms with Gasteiger partial charge in [0.05, 0.1) is 0 Å². The Bertz CT molecular complexity index is 533. The molecule has 1 aromatic carbocycles. The Morgan fingerprint density at radius 3 is 2.55 bits per heavy atom. The molecule has 1 heterocycles. The van der Waals surface area contributed by atoms with Gasteiger partial charge in [-0.1, -0.05) is 32.0 Å². The fourth-order valence-electron chi connectivity index (χ4n) is 2.92. The van der Waals surface area contributed by atoms with E-state index in [-0.39, 0.29) is 6.61 Å². The molecular weight excluding hydrogens is 248 g/mol. The van der Waals surface area contributed by atoms with E-state index in [0.717, 1.165) is 13.0 Å². The molecule has 2 N–H and O–H groups in total. The van der Waals surface area contributed by atoms with Crippen LogP contribution in [0.1, 0.15) is 31.5 Å². The highest BCUT2D eigenvalue weighted by Crippen LogP contribution is 2.24. The van der Waals surface area contributed by atoms with Crippen molar-refractivity contribution in [1.29, 1.82) is 0 Å². The Balaban J connectivity index is 2.21. The Labute approximate surface area is 121 Å². The third-order valence-corrected chi connectivity index (χ3v) is 4.28. The van der Waals surface area contributed by atoms with Crippen LogP contribution in [0.15, 0.2) is 24.3 Å². The molecule has 1 unspecified atom stereocenters. The summed E-state index contributed by atoms with van der Waals surface area (Å²) in [7, 11) is 2.13. The van der Waals surface area contributed by atoms with Gasteiger partial charge in [-0.15, -0.1) is 0 Å². The van der Waals surface area contributed by atoms with Crippen molar-refractivity contribution in [1.82, 2.24) is 9.88 Å². The summed E-state index contributed by atoms with van der Waals surface area (Å²) in [5, 5.41) is 14.1. The molecule has 2 aromatic rings. The van der Waals surface area contributed by atoms with Gasteiger partial charge < -0.3 is 15.0 Å². The first-order valence-electron chi connectivity index (χ1n) is 7.43. The summed E-state index contributed by atoms with van der Waals surface area (Å²) < 4.78 is 2.27. The van der Waals surface area contributed by atoms with Crippen LogP contribution < -0.4 is 5.32 Å². The van der Waals surface area contributed by atoms with Crippen molar-refractivity contribution in [2.75, 3.05) is 6.61 Å². The minimum atomic E-state index is 0.240. The highest BCUT2D eigenvalue weighted by Gasteiger charge is 2.15. The largest absolute Gasteiger partial charge is 0.396 e. The van der Waals surface area contributed by atoms with Gasteiger partial charge in [-0.2, -0.15) is 0 Å². The zero-order valence-electron chi connectivity index (χ0n) is 13.0. The van der Waals surface area contributed by atoms with E-state index in [0.29, 0.717) is 12.0 Å². The Kier molecular flexibility index (Phi) is 4.84. The second-order valence-corrected chi connectivity index (χ2v) is 5.89. The molecule has 0 radical (unpaired) electrons. The molecule has 0 saturated heterocycles. The number of fused-ring (bicyclic) bond motifs is 1. The number of aliphatic hydroxyl groups excluding tert-OH is 1. The quantitative estimate of drug-likeness (QED) is 0.849. The third-order valence-electron chi connectivity index (χ3n) is 4.28. The molecule has 0 aliphatic carbocycles. The van der Waals surface area contributed by atoms with Crippen LogP contribution in [0.25, 0.3) is 10.9 Å². The molecule has 0 spiro atoms. The minimum Gasteiger partial charge on any atom is -0.396 e. The van der Waals surface area contributed by atoms with Crippen LogP contribution in [-0.2, 0) is 13.6 Å². The minimum absolute atomic E-state index is 0.240. The summed E-state index contributed by atoms with van der Waals surface area (Å²) in [5.74, 6) is 0.525. The maximum Gasteiger partial charge on any atom is 0.0483 e. The van der Waals surface area contributed by atoms with Gasteiger partial charge in [0.1, 0.15) is 0 Å². The fraction of sp³-hybridized carbons (Fsp3) is 0.529. The van der Waals surface area contributed by atoms with E-state index in [9.17, 15) is 0 Å². The van der Waals surface area contributed by atoms with Gasteiger partial charge >= 0.3 is 0 Å². The lowest BCUT2D eigenvalue weighted by Gasteiger charge is -2.22. The number of aryl methyl sites for hydroxylation is 2. The van der Waals surface area contributed by atoms with Crippen molar-refractivity contribution >= 4 is 10.9 Å². The number of benzene rings is 1. The molecule has 20 heavy (non-hydrogen) atoms. The predicted molar refractivity (Wildman–Crippen MR) is 84.8 cm³/mol. The molecule has 2 rings (SSSR count). The summed E-state index contributed by atoms with van der Waals surface area (Å²) in [4.78, 5) is 0. The number of rotatable bonds is 6. The number of para-hydroxylation sites is 1. The van der Waals surface area contributed by atoms with E-state index in [1.165, 1.54) is 22.2 Å². The average Bonchev–Trinajstić information content (AvgIpc) is 2.68. The maximum atomic E-state index is 9.16. The number of hydrogen-bond acceptors (Lipinski definition) is 2. The van der Waals surface area contributed by atoms with E-state index >= 15 is 0 Å². The van der Waals surface area contributed by atoms with Crippen LogP contribution in [0.4, 0.5) is 0 Å². The first-order valence-corrected chi connectivity index (χ1v) is 7.43. The molecule has 110 valence electrons. The average molecular weight is 274 g/mol. The zero-order valence-corrected chi connectivity index (χ0v) is 13.0. The van der Waals surface area contributed by atoms with Gasteiger partial charge in [-0.05, 0) is 30.9 Å². The molecule has 0 bridgehead atoms. The highest BCUT2D eigenvalue weighted by atomic mass is 16.3. The van der Waals surface area contributed by atoms with Gasteiger partial charge in [-0.25, -0.2) is 0 Å². The van der Waals surface area contributed by atoms with Gasteiger partial charge in [0.2, 0.25) is 0 Å². The molecular formula is C17H26N2O. The number of aromatic nitrogens is 1. The van der Waals surface area contributed by atoms with E-state index in [1.54, 1.807) is 0 Å². The molecule has 0 fully saturated rings. The van der Waals surface area contributed by atoms with Crippen LogP contribution >= 0.6 is 0 Å². The number of hydrogen-bond donors (Lipinski definition) is 2. The third kappa shape index (κ3) is 2.89. The van der Waals surface area contributed by atoms with Gasteiger partial charge in [0.15, 0.2) is 0 Å².